The monoisotopic (exact) mass is 285 g/mol. The fourth-order valence-corrected chi connectivity index (χ4v) is 2.21. The molecule has 5 nitrogen and oxygen atoms in total. The minimum atomic E-state index is 0.149. The molecule has 1 aliphatic heterocycles. The molecule has 0 aromatic heterocycles. The lowest BCUT2D eigenvalue weighted by Gasteiger charge is -2.34. The standard InChI is InChI=1S/C15H31N3O2/c1-5-14(4)16-15(19)12-18-8-6-17(7-9-18)10-11-20-13(2)3/h13-14H,5-12H2,1-4H3,(H,16,19). The fourth-order valence-electron chi connectivity index (χ4n) is 2.21. The molecule has 0 aromatic carbocycles. The van der Waals surface area contributed by atoms with Crippen LogP contribution >= 0.6 is 0 Å². The Hall–Kier alpha value is -0.650. The first-order valence-corrected chi connectivity index (χ1v) is 7.87. The van der Waals surface area contributed by atoms with Crippen LogP contribution in [0.1, 0.15) is 34.1 Å². The van der Waals surface area contributed by atoms with Crippen molar-refractivity contribution in [3.8, 4) is 0 Å². The summed E-state index contributed by atoms with van der Waals surface area (Å²) >= 11 is 0. The Bertz CT molecular complexity index is 276. The van der Waals surface area contributed by atoms with Crippen molar-refractivity contribution in [3.63, 3.8) is 0 Å². The van der Waals surface area contributed by atoms with Crippen LogP contribution in [0.15, 0.2) is 0 Å². The Kier molecular flexibility index (Phi) is 8.11. The number of carbonyl (C=O) groups excluding carboxylic acids is 1. The molecule has 1 rings (SSSR count). The predicted molar refractivity (Wildman–Crippen MR) is 81.9 cm³/mol. The molecule has 1 saturated heterocycles. The molecule has 0 saturated carbocycles. The molecule has 1 atom stereocenters. The fraction of sp³-hybridized carbons (Fsp3) is 0.933. The van der Waals surface area contributed by atoms with Crippen LogP contribution in [-0.4, -0.2) is 73.7 Å². The highest BCUT2D eigenvalue weighted by Crippen LogP contribution is 2.02. The van der Waals surface area contributed by atoms with Gasteiger partial charge in [0.15, 0.2) is 0 Å². The van der Waals surface area contributed by atoms with Crippen molar-refractivity contribution in [3.05, 3.63) is 0 Å². The molecule has 1 aliphatic rings. The number of hydrogen-bond acceptors (Lipinski definition) is 4. The summed E-state index contributed by atoms with van der Waals surface area (Å²) in [4.78, 5) is 16.5. The lowest BCUT2D eigenvalue weighted by atomic mass is 10.2. The lowest BCUT2D eigenvalue weighted by molar-refractivity contribution is -0.123. The van der Waals surface area contributed by atoms with E-state index in [0.717, 1.165) is 45.8 Å². The predicted octanol–water partition coefficient (Wildman–Crippen LogP) is 0.944. The lowest BCUT2D eigenvalue weighted by Crippen LogP contribution is -2.50. The zero-order valence-corrected chi connectivity index (χ0v) is 13.5. The van der Waals surface area contributed by atoms with Gasteiger partial charge in [0, 0.05) is 38.8 Å². The van der Waals surface area contributed by atoms with Crippen molar-refractivity contribution in [2.24, 2.45) is 0 Å². The molecule has 5 heteroatoms. The van der Waals surface area contributed by atoms with Gasteiger partial charge >= 0.3 is 0 Å². The summed E-state index contributed by atoms with van der Waals surface area (Å²) in [5, 5.41) is 3.02. The second-order valence-corrected chi connectivity index (χ2v) is 5.91. The molecule has 1 heterocycles. The number of ether oxygens (including phenoxy) is 1. The van der Waals surface area contributed by atoms with E-state index in [4.69, 9.17) is 4.74 Å². The summed E-state index contributed by atoms with van der Waals surface area (Å²) in [7, 11) is 0. The van der Waals surface area contributed by atoms with Crippen LogP contribution in [0.25, 0.3) is 0 Å². The maximum atomic E-state index is 11.8. The van der Waals surface area contributed by atoms with Gasteiger partial charge in [-0.1, -0.05) is 6.92 Å². The SMILES string of the molecule is CCC(C)NC(=O)CN1CCN(CCOC(C)C)CC1. The van der Waals surface area contributed by atoms with Crippen LogP contribution in [0.4, 0.5) is 0 Å². The minimum Gasteiger partial charge on any atom is -0.377 e. The largest absolute Gasteiger partial charge is 0.377 e. The van der Waals surface area contributed by atoms with Gasteiger partial charge in [-0.15, -0.1) is 0 Å². The van der Waals surface area contributed by atoms with E-state index >= 15 is 0 Å². The van der Waals surface area contributed by atoms with Crippen molar-refractivity contribution >= 4 is 5.91 Å². The van der Waals surface area contributed by atoms with Gasteiger partial charge in [-0.25, -0.2) is 0 Å². The number of nitrogens with one attached hydrogen (secondary N) is 1. The topological polar surface area (TPSA) is 44.8 Å². The maximum absolute atomic E-state index is 11.8. The summed E-state index contributed by atoms with van der Waals surface area (Å²) in [6, 6.07) is 0.275. The third-order valence-electron chi connectivity index (χ3n) is 3.71. The highest BCUT2D eigenvalue weighted by atomic mass is 16.5. The molecule has 0 bridgehead atoms. The van der Waals surface area contributed by atoms with Crippen molar-refractivity contribution in [1.29, 1.82) is 0 Å². The summed E-state index contributed by atoms with van der Waals surface area (Å²) < 4.78 is 5.57. The van der Waals surface area contributed by atoms with Gasteiger partial charge < -0.3 is 10.1 Å². The smallest absolute Gasteiger partial charge is 0.234 e. The Morgan fingerprint density at radius 1 is 1.15 bits per heavy atom. The minimum absolute atomic E-state index is 0.149. The first-order chi connectivity index (χ1) is 9.51. The van der Waals surface area contributed by atoms with E-state index in [2.05, 4.69) is 35.9 Å². The zero-order chi connectivity index (χ0) is 15.0. The van der Waals surface area contributed by atoms with Crippen LogP contribution < -0.4 is 5.32 Å². The summed E-state index contributed by atoms with van der Waals surface area (Å²) in [6.07, 6.45) is 1.29. The Morgan fingerprint density at radius 3 is 2.30 bits per heavy atom. The second kappa shape index (κ2) is 9.32. The van der Waals surface area contributed by atoms with Crippen molar-refractivity contribution < 1.29 is 9.53 Å². The molecule has 0 aliphatic carbocycles. The number of carbonyl (C=O) groups is 1. The van der Waals surface area contributed by atoms with Crippen molar-refractivity contribution in [2.75, 3.05) is 45.9 Å². The van der Waals surface area contributed by atoms with Gasteiger partial charge in [0.05, 0.1) is 19.3 Å². The van der Waals surface area contributed by atoms with Crippen LogP contribution in [0.5, 0.6) is 0 Å². The summed E-state index contributed by atoms with van der Waals surface area (Å²) in [5.41, 5.74) is 0. The first kappa shape index (κ1) is 17.4. The van der Waals surface area contributed by atoms with E-state index < -0.39 is 0 Å². The van der Waals surface area contributed by atoms with E-state index in [0.29, 0.717) is 12.6 Å². The Morgan fingerprint density at radius 2 is 1.75 bits per heavy atom. The molecular formula is C15H31N3O2. The molecule has 20 heavy (non-hydrogen) atoms. The summed E-state index contributed by atoms with van der Waals surface area (Å²) in [6.45, 7) is 14.6. The molecule has 1 N–H and O–H groups in total. The number of nitrogens with zero attached hydrogens (tertiary/aromatic N) is 2. The third kappa shape index (κ3) is 7.22. The molecule has 0 aromatic rings. The highest BCUT2D eigenvalue weighted by molar-refractivity contribution is 5.78. The van der Waals surface area contributed by atoms with Crippen LogP contribution in [0.2, 0.25) is 0 Å². The van der Waals surface area contributed by atoms with E-state index in [1.54, 1.807) is 0 Å². The number of piperazine rings is 1. The second-order valence-electron chi connectivity index (χ2n) is 5.91. The highest BCUT2D eigenvalue weighted by Gasteiger charge is 2.19. The summed E-state index contributed by atoms with van der Waals surface area (Å²) in [5.74, 6) is 0.149. The number of amides is 1. The molecule has 0 spiro atoms. The van der Waals surface area contributed by atoms with Gasteiger partial charge in [0.25, 0.3) is 0 Å². The van der Waals surface area contributed by atoms with E-state index in [1.165, 1.54) is 0 Å². The quantitative estimate of drug-likeness (QED) is 0.721. The van der Waals surface area contributed by atoms with Crippen molar-refractivity contribution in [1.82, 2.24) is 15.1 Å². The maximum Gasteiger partial charge on any atom is 0.234 e. The van der Waals surface area contributed by atoms with E-state index in [9.17, 15) is 4.79 Å². The molecular weight excluding hydrogens is 254 g/mol. The third-order valence-corrected chi connectivity index (χ3v) is 3.71. The molecule has 0 radical (unpaired) electrons. The Balaban J connectivity index is 2.14. The number of hydrogen-bond donors (Lipinski definition) is 1. The average Bonchev–Trinajstić information content (AvgIpc) is 2.40. The van der Waals surface area contributed by atoms with E-state index in [-0.39, 0.29) is 11.9 Å². The van der Waals surface area contributed by atoms with Crippen LogP contribution in [-0.2, 0) is 9.53 Å². The van der Waals surface area contributed by atoms with Gasteiger partial charge in [-0.3, -0.25) is 14.6 Å². The van der Waals surface area contributed by atoms with Gasteiger partial charge in [0.2, 0.25) is 5.91 Å². The first-order valence-electron chi connectivity index (χ1n) is 7.87. The molecule has 118 valence electrons. The molecule has 1 amide bonds. The van der Waals surface area contributed by atoms with Gasteiger partial charge in [0.1, 0.15) is 0 Å². The molecule has 1 unspecified atom stereocenters. The van der Waals surface area contributed by atoms with E-state index in [1.807, 2.05) is 6.92 Å². The van der Waals surface area contributed by atoms with Gasteiger partial charge in [-0.2, -0.15) is 0 Å². The Labute approximate surface area is 123 Å². The molecule has 1 fully saturated rings. The zero-order valence-electron chi connectivity index (χ0n) is 13.5. The van der Waals surface area contributed by atoms with Gasteiger partial charge in [-0.05, 0) is 27.2 Å². The number of rotatable bonds is 8. The normalized spacial score (nSPS) is 19.2. The van der Waals surface area contributed by atoms with Crippen molar-refractivity contribution in [2.45, 2.75) is 46.3 Å². The van der Waals surface area contributed by atoms with Crippen LogP contribution in [0.3, 0.4) is 0 Å². The average molecular weight is 285 g/mol. The van der Waals surface area contributed by atoms with Crippen LogP contribution in [0, 0.1) is 0 Å².